The van der Waals surface area contributed by atoms with Crippen molar-refractivity contribution < 1.29 is 22.4 Å². The molecule has 0 aliphatic carbocycles. The van der Waals surface area contributed by atoms with Crippen LogP contribution in [0.1, 0.15) is 13.8 Å². The third-order valence-corrected chi connectivity index (χ3v) is 3.28. The summed E-state index contributed by atoms with van der Waals surface area (Å²) in [5, 5.41) is 2.28. The summed E-state index contributed by atoms with van der Waals surface area (Å²) < 4.78 is 36.3. The molecular weight excluding hydrogens is 289 g/mol. The van der Waals surface area contributed by atoms with E-state index < -0.39 is 27.7 Å². The number of benzene rings is 1. The first-order chi connectivity index (χ1) is 9.22. The first-order valence-corrected chi connectivity index (χ1v) is 7.09. The summed E-state index contributed by atoms with van der Waals surface area (Å²) in [7, 11) is -4.14. The lowest BCUT2D eigenvalue weighted by Gasteiger charge is -2.10. The lowest BCUT2D eigenvalue weighted by molar-refractivity contribution is -0.139. The SMILES string of the molecule is CC(C)NC(=O)C(=O)NNS(=O)(=O)c1cccc(F)c1. The Kier molecular flexibility index (Phi) is 5.17. The van der Waals surface area contributed by atoms with Gasteiger partial charge in [0.2, 0.25) is 0 Å². The number of carbonyl (C=O) groups excluding carboxylic acids is 2. The fourth-order valence-corrected chi connectivity index (χ4v) is 2.06. The number of nitrogens with one attached hydrogen (secondary N) is 3. The summed E-state index contributed by atoms with van der Waals surface area (Å²) in [5.74, 6) is -2.89. The van der Waals surface area contributed by atoms with Crippen LogP contribution in [-0.2, 0) is 19.6 Å². The van der Waals surface area contributed by atoms with Gasteiger partial charge in [0.15, 0.2) is 0 Å². The van der Waals surface area contributed by atoms with Crippen molar-refractivity contribution in [3.8, 4) is 0 Å². The van der Waals surface area contributed by atoms with Gasteiger partial charge >= 0.3 is 11.8 Å². The van der Waals surface area contributed by atoms with E-state index >= 15 is 0 Å². The molecule has 2 amide bonds. The maximum Gasteiger partial charge on any atom is 0.324 e. The van der Waals surface area contributed by atoms with E-state index in [9.17, 15) is 22.4 Å². The Morgan fingerprint density at radius 1 is 1.20 bits per heavy atom. The smallest absolute Gasteiger partial charge is 0.324 e. The molecular formula is C11H14FN3O4S. The largest absolute Gasteiger partial charge is 0.346 e. The van der Waals surface area contributed by atoms with Crippen molar-refractivity contribution in [2.45, 2.75) is 24.8 Å². The molecule has 7 nitrogen and oxygen atoms in total. The van der Waals surface area contributed by atoms with Gasteiger partial charge in [-0.05, 0) is 32.0 Å². The molecule has 20 heavy (non-hydrogen) atoms. The summed E-state index contributed by atoms with van der Waals surface area (Å²) in [5.41, 5.74) is 1.73. The monoisotopic (exact) mass is 303 g/mol. The summed E-state index contributed by atoms with van der Waals surface area (Å²) >= 11 is 0. The van der Waals surface area contributed by atoms with Crippen molar-refractivity contribution in [3.05, 3.63) is 30.1 Å². The standard InChI is InChI=1S/C11H14FN3O4S/c1-7(2)13-10(16)11(17)14-15-20(18,19)9-5-3-4-8(12)6-9/h3-7,15H,1-2H3,(H,13,16)(H,14,17). The van der Waals surface area contributed by atoms with E-state index in [2.05, 4.69) is 5.32 Å². The highest BCUT2D eigenvalue weighted by Gasteiger charge is 2.19. The van der Waals surface area contributed by atoms with Gasteiger partial charge in [0.05, 0.1) is 4.90 Å². The van der Waals surface area contributed by atoms with E-state index in [1.807, 2.05) is 0 Å². The molecule has 110 valence electrons. The lowest BCUT2D eigenvalue weighted by Crippen LogP contribution is -2.49. The predicted molar refractivity (Wildman–Crippen MR) is 68.1 cm³/mol. The van der Waals surface area contributed by atoms with Crippen LogP contribution in [0.25, 0.3) is 0 Å². The topological polar surface area (TPSA) is 104 Å². The fraction of sp³-hybridized carbons (Fsp3) is 0.273. The number of hydrazine groups is 1. The number of amides is 2. The Hall–Kier alpha value is -2.00. The summed E-state index contributed by atoms with van der Waals surface area (Å²) in [4.78, 5) is 23.9. The van der Waals surface area contributed by atoms with Crippen LogP contribution in [0.3, 0.4) is 0 Å². The quantitative estimate of drug-likeness (QED) is 0.523. The first kappa shape index (κ1) is 16.1. The predicted octanol–water partition coefficient (Wildman–Crippen LogP) is -0.340. The Morgan fingerprint density at radius 2 is 1.85 bits per heavy atom. The van der Waals surface area contributed by atoms with Crippen molar-refractivity contribution in [2.75, 3.05) is 0 Å². The van der Waals surface area contributed by atoms with Gasteiger partial charge in [-0.15, -0.1) is 4.83 Å². The average molecular weight is 303 g/mol. The molecule has 0 aliphatic heterocycles. The van der Waals surface area contributed by atoms with Crippen LogP contribution < -0.4 is 15.6 Å². The molecule has 0 radical (unpaired) electrons. The number of halogens is 1. The summed E-state index contributed by atoms with van der Waals surface area (Å²) in [6, 6.07) is 3.94. The molecule has 0 spiro atoms. The Balaban J connectivity index is 2.69. The Morgan fingerprint density at radius 3 is 2.40 bits per heavy atom. The maximum absolute atomic E-state index is 12.9. The minimum absolute atomic E-state index is 0.270. The zero-order valence-corrected chi connectivity index (χ0v) is 11.6. The molecule has 0 aromatic heterocycles. The first-order valence-electron chi connectivity index (χ1n) is 5.60. The van der Waals surface area contributed by atoms with Gasteiger partial charge in [-0.3, -0.25) is 15.0 Å². The molecule has 0 saturated heterocycles. The van der Waals surface area contributed by atoms with Gasteiger partial charge in [0.1, 0.15) is 5.82 Å². The van der Waals surface area contributed by atoms with Crippen LogP contribution in [0.5, 0.6) is 0 Å². The van der Waals surface area contributed by atoms with E-state index in [4.69, 9.17) is 0 Å². The van der Waals surface area contributed by atoms with Crippen LogP contribution in [0, 0.1) is 5.82 Å². The van der Waals surface area contributed by atoms with Crippen LogP contribution in [0.2, 0.25) is 0 Å². The van der Waals surface area contributed by atoms with Gasteiger partial charge < -0.3 is 5.32 Å². The van der Waals surface area contributed by atoms with E-state index in [1.165, 1.54) is 6.07 Å². The Bertz CT molecular complexity index is 616. The molecule has 0 fully saturated rings. The summed E-state index contributed by atoms with van der Waals surface area (Å²) in [6.07, 6.45) is 0. The van der Waals surface area contributed by atoms with Gasteiger partial charge in [0.25, 0.3) is 10.0 Å². The van der Waals surface area contributed by atoms with Gasteiger partial charge in [-0.1, -0.05) is 6.07 Å². The van der Waals surface area contributed by atoms with Crippen molar-refractivity contribution in [2.24, 2.45) is 0 Å². The maximum atomic E-state index is 12.9. The molecule has 0 atom stereocenters. The number of hydrogen-bond acceptors (Lipinski definition) is 4. The van der Waals surface area contributed by atoms with Crippen molar-refractivity contribution in [1.29, 1.82) is 0 Å². The Labute approximate surface area is 115 Å². The zero-order valence-electron chi connectivity index (χ0n) is 10.8. The second-order valence-electron chi connectivity index (χ2n) is 4.15. The average Bonchev–Trinajstić information content (AvgIpc) is 2.35. The lowest BCUT2D eigenvalue weighted by atomic mass is 10.4. The molecule has 0 unspecified atom stereocenters. The number of rotatable bonds is 4. The van der Waals surface area contributed by atoms with E-state index in [0.29, 0.717) is 0 Å². The van der Waals surface area contributed by atoms with Gasteiger partial charge in [0, 0.05) is 6.04 Å². The van der Waals surface area contributed by atoms with Crippen molar-refractivity contribution in [3.63, 3.8) is 0 Å². The number of carbonyl (C=O) groups is 2. The second-order valence-corrected chi connectivity index (χ2v) is 5.83. The van der Waals surface area contributed by atoms with Crippen LogP contribution >= 0.6 is 0 Å². The van der Waals surface area contributed by atoms with Crippen molar-refractivity contribution >= 4 is 21.8 Å². The number of sulfonamides is 1. The molecule has 0 heterocycles. The molecule has 0 saturated carbocycles. The van der Waals surface area contributed by atoms with Gasteiger partial charge in [-0.2, -0.15) is 0 Å². The minimum atomic E-state index is -4.14. The third kappa shape index (κ3) is 4.59. The second kappa shape index (κ2) is 6.44. The molecule has 9 heteroatoms. The summed E-state index contributed by atoms with van der Waals surface area (Å²) in [6.45, 7) is 3.28. The highest BCUT2D eigenvalue weighted by atomic mass is 32.2. The van der Waals surface area contributed by atoms with Gasteiger partial charge in [-0.25, -0.2) is 12.8 Å². The van der Waals surface area contributed by atoms with Crippen molar-refractivity contribution in [1.82, 2.24) is 15.6 Å². The van der Waals surface area contributed by atoms with Crippen LogP contribution in [0.4, 0.5) is 4.39 Å². The van der Waals surface area contributed by atoms with Crippen LogP contribution in [0.15, 0.2) is 29.2 Å². The highest BCUT2D eigenvalue weighted by Crippen LogP contribution is 2.09. The molecule has 0 bridgehead atoms. The molecule has 0 aliphatic rings. The molecule has 1 aromatic carbocycles. The normalized spacial score (nSPS) is 11.2. The molecule has 3 N–H and O–H groups in total. The van der Waals surface area contributed by atoms with Crippen LogP contribution in [-0.4, -0.2) is 26.3 Å². The van der Waals surface area contributed by atoms with E-state index in [1.54, 1.807) is 24.1 Å². The number of hydrogen-bond donors (Lipinski definition) is 3. The van der Waals surface area contributed by atoms with E-state index in [0.717, 1.165) is 18.2 Å². The van der Waals surface area contributed by atoms with E-state index in [-0.39, 0.29) is 10.9 Å². The third-order valence-electron chi connectivity index (χ3n) is 2.03. The molecule has 1 rings (SSSR count). The fourth-order valence-electron chi connectivity index (χ4n) is 1.19. The molecule has 1 aromatic rings. The minimum Gasteiger partial charge on any atom is -0.346 e. The zero-order chi connectivity index (χ0) is 15.3. The highest BCUT2D eigenvalue weighted by molar-refractivity contribution is 7.89.